The minimum Gasteiger partial charge on any atom is -0.365 e. The highest BCUT2D eigenvalue weighted by atomic mass is 15.2. The molecule has 2 rings (SSSR count). The van der Waals surface area contributed by atoms with Crippen molar-refractivity contribution in [3.05, 3.63) is 29.8 Å². The van der Waals surface area contributed by atoms with Gasteiger partial charge in [0, 0.05) is 30.9 Å². The molecule has 0 aliphatic carbocycles. The van der Waals surface area contributed by atoms with Gasteiger partial charge in [-0.05, 0) is 36.0 Å². The fourth-order valence-electron chi connectivity index (χ4n) is 3.28. The van der Waals surface area contributed by atoms with E-state index in [1.54, 1.807) is 0 Å². The number of nitrogens with one attached hydrogen (secondary N) is 1. The van der Waals surface area contributed by atoms with Gasteiger partial charge in [0.25, 0.3) is 0 Å². The fourth-order valence-corrected chi connectivity index (χ4v) is 3.28. The average molecular weight is 288 g/mol. The van der Waals surface area contributed by atoms with Crippen LogP contribution in [0.25, 0.3) is 0 Å². The van der Waals surface area contributed by atoms with Crippen molar-refractivity contribution in [2.75, 3.05) is 18.0 Å². The summed E-state index contributed by atoms with van der Waals surface area (Å²) in [6.45, 7) is 13.8. The number of nitrogens with zero attached hydrogens (tertiary/aromatic N) is 1. The van der Waals surface area contributed by atoms with Crippen molar-refractivity contribution in [1.82, 2.24) is 5.32 Å². The molecule has 118 valence electrons. The van der Waals surface area contributed by atoms with Crippen LogP contribution in [0.3, 0.4) is 0 Å². The van der Waals surface area contributed by atoms with Gasteiger partial charge in [0.2, 0.25) is 0 Å². The van der Waals surface area contributed by atoms with Crippen LogP contribution >= 0.6 is 0 Å². The van der Waals surface area contributed by atoms with Crippen LogP contribution < -0.4 is 10.2 Å². The van der Waals surface area contributed by atoms with E-state index in [2.05, 4.69) is 69.1 Å². The van der Waals surface area contributed by atoms with Crippen LogP contribution in [0, 0.1) is 11.8 Å². The zero-order valence-electron chi connectivity index (χ0n) is 14.4. The van der Waals surface area contributed by atoms with E-state index in [9.17, 15) is 0 Å². The van der Waals surface area contributed by atoms with Crippen LogP contribution in [0.15, 0.2) is 24.3 Å². The second-order valence-electron chi connectivity index (χ2n) is 7.14. The lowest BCUT2D eigenvalue weighted by Crippen LogP contribution is -2.60. The van der Waals surface area contributed by atoms with Gasteiger partial charge in [0.1, 0.15) is 0 Å². The Balaban J connectivity index is 2.18. The molecule has 0 amide bonds. The van der Waals surface area contributed by atoms with Gasteiger partial charge in [0.05, 0.1) is 0 Å². The Labute approximate surface area is 130 Å². The Morgan fingerprint density at radius 2 is 1.76 bits per heavy atom. The van der Waals surface area contributed by atoms with E-state index in [0.717, 1.165) is 13.1 Å². The van der Waals surface area contributed by atoms with Crippen molar-refractivity contribution < 1.29 is 0 Å². The summed E-state index contributed by atoms with van der Waals surface area (Å²) in [6.07, 6.45) is 2.40. The molecule has 0 radical (unpaired) electrons. The first-order valence-corrected chi connectivity index (χ1v) is 8.61. The van der Waals surface area contributed by atoms with Gasteiger partial charge in [0.15, 0.2) is 0 Å². The van der Waals surface area contributed by atoms with E-state index < -0.39 is 0 Å². The van der Waals surface area contributed by atoms with Gasteiger partial charge in [-0.15, -0.1) is 0 Å². The highest BCUT2D eigenvalue weighted by Gasteiger charge is 2.31. The summed E-state index contributed by atoms with van der Waals surface area (Å²) < 4.78 is 0. The Morgan fingerprint density at radius 1 is 1.10 bits per heavy atom. The second kappa shape index (κ2) is 7.31. The first kappa shape index (κ1) is 16.4. The quantitative estimate of drug-likeness (QED) is 0.877. The van der Waals surface area contributed by atoms with Crippen molar-refractivity contribution in [2.24, 2.45) is 11.8 Å². The molecule has 2 heteroatoms. The monoisotopic (exact) mass is 288 g/mol. The minimum absolute atomic E-state index is 0.593. The molecule has 2 unspecified atom stereocenters. The lowest BCUT2D eigenvalue weighted by molar-refractivity contribution is 0.295. The van der Waals surface area contributed by atoms with Crippen LogP contribution in [-0.4, -0.2) is 25.2 Å². The van der Waals surface area contributed by atoms with Crippen molar-refractivity contribution in [1.29, 1.82) is 0 Å². The van der Waals surface area contributed by atoms with E-state index in [-0.39, 0.29) is 0 Å². The third-order valence-electron chi connectivity index (χ3n) is 4.76. The molecule has 0 spiro atoms. The zero-order valence-corrected chi connectivity index (χ0v) is 14.4. The first-order valence-electron chi connectivity index (χ1n) is 8.61. The number of piperazine rings is 1. The van der Waals surface area contributed by atoms with Crippen molar-refractivity contribution in [3.8, 4) is 0 Å². The molecular formula is C19H32N2. The molecule has 1 fully saturated rings. The zero-order chi connectivity index (χ0) is 15.4. The largest absolute Gasteiger partial charge is 0.365 e. The van der Waals surface area contributed by atoms with E-state index >= 15 is 0 Å². The maximum atomic E-state index is 3.74. The summed E-state index contributed by atoms with van der Waals surface area (Å²) in [7, 11) is 0. The number of aryl methyl sites for hydroxylation is 1. The maximum Gasteiger partial charge on any atom is 0.0438 e. The minimum atomic E-state index is 0.593. The Hall–Kier alpha value is -1.02. The smallest absolute Gasteiger partial charge is 0.0438 e. The third kappa shape index (κ3) is 4.00. The van der Waals surface area contributed by atoms with Crippen LogP contribution in [0.1, 0.15) is 46.6 Å². The number of anilines is 1. The molecule has 1 N–H and O–H groups in total. The lowest BCUT2D eigenvalue weighted by atomic mass is 9.93. The highest BCUT2D eigenvalue weighted by molar-refractivity contribution is 5.49. The summed E-state index contributed by atoms with van der Waals surface area (Å²) in [5.41, 5.74) is 2.85. The molecule has 1 saturated heterocycles. The van der Waals surface area contributed by atoms with Crippen LogP contribution in [-0.2, 0) is 6.42 Å². The standard InChI is InChI=1S/C19H32N2/c1-6-7-16-8-10-17(11-9-16)21-13-18(14(2)3)20-12-19(21)15(4)5/h8-11,14-15,18-20H,6-7,12-13H2,1-5H3. The molecule has 2 atom stereocenters. The van der Waals surface area contributed by atoms with Gasteiger partial charge >= 0.3 is 0 Å². The molecule has 1 aliphatic rings. The van der Waals surface area contributed by atoms with E-state index in [4.69, 9.17) is 0 Å². The Bertz CT molecular complexity index is 422. The first-order chi connectivity index (χ1) is 10.0. The van der Waals surface area contributed by atoms with Crippen molar-refractivity contribution in [2.45, 2.75) is 59.5 Å². The lowest BCUT2D eigenvalue weighted by Gasteiger charge is -2.45. The van der Waals surface area contributed by atoms with Gasteiger partial charge in [-0.25, -0.2) is 0 Å². The summed E-state index contributed by atoms with van der Waals surface area (Å²) in [5, 5.41) is 3.74. The van der Waals surface area contributed by atoms with E-state index in [0.29, 0.717) is 23.9 Å². The molecular weight excluding hydrogens is 256 g/mol. The van der Waals surface area contributed by atoms with Crippen LogP contribution in [0.2, 0.25) is 0 Å². The number of benzene rings is 1. The Morgan fingerprint density at radius 3 is 2.29 bits per heavy atom. The molecule has 1 aliphatic heterocycles. The topological polar surface area (TPSA) is 15.3 Å². The second-order valence-corrected chi connectivity index (χ2v) is 7.14. The molecule has 0 aromatic heterocycles. The number of rotatable bonds is 5. The SMILES string of the molecule is CCCc1ccc(N2CC(C(C)C)NCC2C(C)C)cc1. The van der Waals surface area contributed by atoms with E-state index in [1.807, 2.05) is 0 Å². The predicted molar refractivity (Wildman–Crippen MR) is 93.0 cm³/mol. The molecule has 0 saturated carbocycles. The highest BCUT2D eigenvalue weighted by Crippen LogP contribution is 2.26. The third-order valence-corrected chi connectivity index (χ3v) is 4.76. The normalized spacial score (nSPS) is 23.1. The molecule has 1 heterocycles. The van der Waals surface area contributed by atoms with Gasteiger partial charge < -0.3 is 10.2 Å². The summed E-state index contributed by atoms with van der Waals surface area (Å²) >= 11 is 0. The van der Waals surface area contributed by atoms with Gasteiger partial charge in [-0.1, -0.05) is 53.2 Å². The van der Waals surface area contributed by atoms with Gasteiger partial charge in [-0.3, -0.25) is 0 Å². The number of hydrogen-bond acceptors (Lipinski definition) is 2. The maximum absolute atomic E-state index is 3.74. The fraction of sp³-hybridized carbons (Fsp3) is 0.684. The Kier molecular flexibility index (Phi) is 5.69. The number of hydrogen-bond donors (Lipinski definition) is 1. The molecule has 0 bridgehead atoms. The van der Waals surface area contributed by atoms with Crippen LogP contribution in [0.4, 0.5) is 5.69 Å². The predicted octanol–water partition coefficient (Wildman–Crippen LogP) is 4.10. The summed E-state index contributed by atoms with van der Waals surface area (Å²) in [5.74, 6) is 1.35. The molecule has 2 nitrogen and oxygen atoms in total. The van der Waals surface area contributed by atoms with Crippen molar-refractivity contribution >= 4 is 5.69 Å². The van der Waals surface area contributed by atoms with Gasteiger partial charge in [-0.2, -0.15) is 0 Å². The average Bonchev–Trinajstić information content (AvgIpc) is 2.47. The van der Waals surface area contributed by atoms with Crippen LogP contribution in [0.5, 0.6) is 0 Å². The summed E-state index contributed by atoms with van der Waals surface area (Å²) in [4.78, 5) is 2.63. The molecule has 1 aromatic carbocycles. The molecule has 21 heavy (non-hydrogen) atoms. The molecule has 1 aromatic rings. The van der Waals surface area contributed by atoms with Crippen molar-refractivity contribution in [3.63, 3.8) is 0 Å². The van der Waals surface area contributed by atoms with E-state index in [1.165, 1.54) is 24.1 Å². The summed E-state index contributed by atoms with van der Waals surface area (Å²) in [6, 6.07) is 10.4.